The third-order valence-electron chi connectivity index (χ3n) is 4.24. The average molecular weight is 316 g/mol. The highest BCUT2D eigenvalue weighted by atomic mass is 16.3. The maximum absolute atomic E-state index is 11.1. The molecule has 7 heteroatoms. The van der Waals surface area contributed by atoms with Gasteiger partial charge in [-0.1, -0.05) is 5.21 Å². The number of aryl methyl sites for hydroxylation is 2. The van der Waals surface area contributed by atoms with Gasteiger partial charge >= 0.3 is 0 Å². The van der Waals surface area contributed by atoms with Crippen molar-refractivity contribution in [3.8, 4) is 0 Å². The van der Waals surface area contributed by atoms with Gasteiger partial charge in [0.05, 0.1) is 12.7 Å². The van der Waals surface area contributed by atoms with Crippen LogP contribution in [-0.2, 0) is 5.60 Å². The zero-order chi connectivity index (χ0) is 16.6. The van der Waals surface area contributed by atoms with E-state index in [1.807, 2.05) is 44.9 Å². The largest absolute Gasteiger partial charge is 0.382 e. The normalized spacial score (nSPS) is 21.9. The van der Waals surface area contributed by atoms with E-state index in [2.05, 4.69) is 20.3 Å². The van der Waals surface area contributed by atoms with E-state index in [1.165, 1.54) is 0 Å². The molecule has 3 rings (SSSR count). The van der Waals surface area contributed by atoms with Gasteiger partial charge in [-0.25, -0.2) is 14.6 Å². The molecule has 0 amide bonds. The summed E-state index contributed by atoms with van der Waals surface area (Å²) in [7, 11) is 0. The maximum Gasteiger partial charge on any atom is 0.225 e. The fraction of sp³-hybridized carbons (Fsp3) is 0.625. The Balaban J connectivity index is 1.86. The Morgan fingerprint density at radius 3 is 2.52 bits per heavy atom. The Morgan fingerprint density at radius 1 is 1.22 bits per heavy atom. The number of rotatable bonds is 3. The number of hydrogen-bond acceptors (Lipinski definition) is 6. The van der Waals surface area contributed by atoms with E-state index in [0.29, 0.717) is 24.6 Å². The van der Waals surface area contributed by atoms with E-state index in [9.17, 15) is 5.11 Å². The lowest BCUT2D eigenvalue weighted by Crippen LogP contribution is -2.47. The molecule has 0 radical (unpaired) electrons. The molecule has 1 atom stereocenters. The molecule has 0 aromatic carbocycles. The molecule has 1 aliphatic heterocycles. The molecule has 7 nitrogen and oxygen atoms in total. The van der Waals surface area contributed by atoms with Crippen molar-refractivity contribution in [2.45, 2.75) is 52.2 Å². The van der Waals surface area contributed by atoms with E-state index in [0.717, 1.165) is 24.4 Å². The van der Waals surface area contributed by atoms with Crippen LogP contribution >= 0.6 is 0 Å². The maximum atomic E-state index is 11.1. The van der Waals surface area contributed by atoms with E-state index in [-0.39, 0.29) is 6.04 Å². The van der Waals surface area contributed by atoms with Gasteiger partial charge < -0.3 is 10.0 Å². The molecular weight excluding hydrogens is 292 g/mol. The zero-order valence-corrected chi connectivity index (χ0v) is 14.2. The molecule has 2 aromatic rings. The van der Waals surface area contributed by atoms with Crippen LogP contribution in [0.25, 0.3) is 0 Å². The van der Waals surface area contributed by atoms with Gasteiger partial charge in [-0.15, -0.1) is 5.10 Å². The van der Waals surface area contributed by atoms with E-state index in [4.69, 9.17) is 0 Å². The number of nitrogens with zero attached hydrogens (tertiary/aromatic N) is 6. The second-order valence-electron chi connectivity index (χ2n) is 6.68. The number of hydrogen-bond donors (Lipinski definition) is 1. The number of aromatic nitrogens is 5. The summed E-state index contributed by atoms with van der Waals surface area (Å²) in [5.74, 6) is 0.678. The SMILES string of the molecule is Cc1cc(C)nc(N2CCCC(O)(c3cn(C(C)C)nn3)C2)n1. The minimum absolute atomic E-state index is 0.224. The fourth-order valence-corrected chi connectivity index (χ4v) is 3.01. The first-order valence-electron chi connectivity index (χ1n) is 8.09. The summed E-state index contributed by atoms with van der Waals surface area (Å²) >= 11 is 0. The van der Waals surface area contributed by atoms with Crippen LogP contribution in [-0.4, -0.2) is 43.2 Å². The summed E-state index contributed by atoms with van der Waals surface area (Å²) < 4.78 is 1.78. The third-order valence-corrected chi connectivity index (χ3v) is 4.24. The molecule has 2 aromatic heterocycles. The molecule has 1 unspecified atom stereocenters. The Morgan fingerprint density at radius 2 is 1.91 bits per heavy atom. The Kier molecular flexibility index (Phi) is 4.06. The van der Waals surface area contributed by atoms with Crippen molar-refractivity contribution in [1.82, 2.24) is 25.0 Å². The molecule has 0 spiro atoms. The van der Waals surface area contributed by atoms with Gasteiger partial charge in [0.25, 0.3) is 0 Å². The van der Waals surface area contributed by atoms with Crippen molar-refractivity contribution in [3.05, 3.63) is 29.3 Å². The lowest BCUT2D eigenvalue weighted by atomic mass is 9.90. The number of β-amino-alcohol motifs (C(OH)–C–C–N with tert-alkyl or cyclic N) is 1. The molecule has 3 heterocycles. The van der Waals surface area contributed by atoms with Crippen molar-refractivity contribution in [2.75, 3.05) is 18.0 Å². The molecule has 0 bridgehead atoms. The Hall–Kier alpha value is -2.02. The van der Waals surface area contributed by atoms with Gasteiger partial charge in [0.15, 0.2) is 0 Å². The number of anilines is 1. The molecule has 23 heavy (non-hydrogen) atoms. The number of aliphatic hydroxyl groups is 1. The fourth-order valence-electron chi connectivity index (χ4n) is 3.01. The van der Waals surface area contributed by atoms with Gasteiger partial charge in [0, 0.05) is 24.0 Å². The van der Waals surface area contributed by atoms with Gasteiger partial charge in [-0.2, -0.15) is 0 Å². The molecule has 124 valence electrons. The van der Waals surface area contributed by atoms with E-state index >= 15 is 0 Å². The Labute approximate surface area is 136 Å². The van der Waals surface area contributed by atoms with Crippen molar-refractivity contribution >= 4 is 5.95 Å². The van der Waals surface area contributed by atoms with E-state index in [1.54, 1.807) is 4.68 Å². The second kappa shape index (κ2) is 5.88. The predicted octanol–water partition coefficient (Wildman–Crippen LogP) is 1.75. The molecule has 0 aliphatic carbocycles. The first-order valence-corrected chi connectivity index (χ1v) is 8.09. The van der Waals surface area contributed by atoms with E-state index < -0.39 is 5.60 Å². The summed E-state index contributed by atoms with van der Waals surface area (Å²) in [5, 5.41) is 19.4. The molecule has 1 fully saturated rings. The van der Waals surface area contributed by atoms with Gasteiger partial charge in [-0.3, -0.25) is 0 Å². The molecule has 0 saturated carbocycles. The minimum atomic E-state index is -1.01. The van der Waals surface area contributed by atoms with Crippen molar-refractivity contribution in [3.63, 3.8) is 0 Å². The summed E-state index contributed by atoms with van der Waals surface area (Å²) in [6.45, 7) is 9.28. The lowest BCUT2D eigenvalue weighted by molar-refractivity contribution is 0.0172. The molecule has 1 saturated heterocycles. The molecule has 1 N–H and O–H groups in total. The van der Waals surface area contributed by atoms with Gasteiger partial charge in [0.2, 0.25) is 5.95 Å². The van der Waals surface area contributed by atoms with Crippen LogP contribution in [0.2, 0.25) is 0 Å². The summed E-state index contributed by atoms with van der Waals surface area (Å²) in [4.78, 5) is 11.1. The van der Waals surface area contributed by atoms with Crippen LogP contribution < -0.4 is 4.90 Å². The first-order chi connectivity index (χ1) is 10.9. The van der Waals surface area contributed by atoms with Crippen LogP contribution in [0, 0.1) is 13.8 Å². The van der Waals surface area contributed by atoms with Crippen molar-refractivity contribution < 1.29 is 5.11 Å². The zero-order valence-electron chi connectivity index (χ0n) is 14.2. The third kappa shape index (κ3) is 3.19. The minimum Gasteiger partial charge on any atom is -0.382 e. The predicted molar refractivity (Wildman–Crippen MR) is 87.3 cm³/mol. The highest BCUT2D eigenvalue weighted by Gasteiger charge is 2.38. The quantitative estimate of drug-likeness (QED) is 0.929. The van der Waals surface area contributed by atoms with Crippen molar-refractivity contribution in [1.29, 1.82) is 0 Å². The van der Waals surface area contributed by atoms with Crippen LogP contribution in [0.3, 0.4) is 0 Å². The lowest BCUT2D eigenvalue weighted by Gasteiger charge is -2.38. The number of piperidine rings is 1. The van der Waals surface area contributed by atoms with Crippen LogP contribution in [0.1, 0.15) is 49.8 Å². The molecule has 1 aliphatic rings. The Bertz CT molecular complexity index is 677. The second-order valence-corrected chi connectivity index (χ2v) is 6.68. The van der Waals surface area contributed by atoms with Gasteiger partial charge in [0.1, 0.15) is 11.3 Å². The monoisotopic (exact) mass is 316 g/mol. The van der Waals surface area contributed by atoms with Crippen LogP contribution in [0.15, 0.2) is 12.3 Å². The van der Waals surface area contributed by atoms with Gasteiger partial charge in [-0.05, 0) is 46.6 Å². The van der Waals surface area contributed by atoms with Crippen LogP contribution in [0.5, 0.6) is 0 Å². The summed E-state index contributed by atoms with van der Waals surface area (Å²) in [6.07, 6.45) is 3.38. The van der Waals surface area contributed by atoms with Crippen LogP contribution in [0.4, 0.5) is 5.95 Å². The first kappa shape index (κ1) is 15.9. The standard InChI is InChI=1S/C16H24N6O/c1-11(2)22-9-14(19-20-22)16(23)6-5-7-21(10-16)15-17-12(3)8-13(4)18-15/h8-9,11,23H,5-7,10H2,1-4H3. The smallest absolute Gasteiger partial charge is 0.225 e. The summed E-state index contributed by atoms with van der Waals surface area (Å²) in [6, 6.07) is 2.18. The van der Waals surface area contributed by atoms with Crippen molar-refractivity contribution in [2.24, 2.45) is 0 Å². The average Bonchev–Trinajstić information content (AvgIpc) is 2.97. The topological polar surface area (TPSA) is 80.0 Å². The highest BCUT2D eigenvalue weighted by Crippen LogP contribution is 2.32. The molecular formula is C16H24N6O. The summed E-state index contributed by atoms with van der Waals surface area (Å²) in [5.41, 5.74) is 1.49. The highest BCUT2D eigenvalue weighted by molar-refractivity contribution is 5.35.